The molecule has 0 atom stereocenters. The van der Waals surface area contributed by atoms with Crippen molar-refractivity contribution in [2.24, 2.45) is 5.92 Å². The number of benzene rings is 1. The molecule has 0 fully saturated rings. The summed E-state index contributed by atoms with van der Waals surface area (Å²) in [6.45, 7) is 1.17. The van der Waals surface area contributed by atoms with E-state index in [2.05, 4.69) is 12.1 Å². The van der Waals surface area contributed by atoms with Crippen molar-refractivity contribution >= 4 is 29.1 Å². The van der Waals surface area contributed by atoms with Gasteiger partial charge in [-0.2, -0.15) is 0 Å². The van der Waals surface area contributed by atoms with E-state index >= 15 is 0 Å². The average Bonchev–Trinajstić information content (AvgIpc) is 2.81. The van der Waals surface area contributed by atoms with Crippen molar-refractivity contribution in [3.63, 3.8) is 0 Å². The van der Waals surface area contributed by atoms with Crippen LogP contribution in [0.4, 0.5) is 0 Å². The van der Waals surface area contributed by atoms with Crippen LogP contribution in [0.1, 0.15) is 11.1 Å². The lowest BCUT2D eigenvalue weighted by Crippen LogP contribution is -2.39. The Balaban J connectivity index is 2.03. The fourth-order valence-electron chi connectivity index (χ4n) is 2.53. The Morgan fingerprint density at radius 1 is 1.11 bits per heavy atom. The normalized spacial score (nSPS) is 14.6. The summed E-state index contributed by atoms with van der Waals surface area (Å²) < 4.78 is 0. The number of rotatable bonds is 5. The largest absolute Gasteiger partial charge is 0.340 e. The zero-order valence-corrected chi connectivity index (χ0v) is 11.8. The smallest absolute Gasteiger partial charge is 0.226 e. The molecule has 0 spiro atoms. The summed E-state index contributed by atoms with van der Waals surface area (Å²) in [6, 6.07) is 8.27. The highest BCUT2D eigenvalue weighted by Crippen LogP contribution is 2.27. The Kier molecular flexibility index (Phi) is 4.90. The van der Waals surface area contributed by atoms with Crippen molar-refractivity contribution in [1.29, 1.82) is 0 Å². The quantitative estimate of drug-likeness (QED) is 0.762. The molecule has 1 aromatic carbocycles. The Bertz CT molecular complexity index is 391. The molecule has 0 saturated heterocycles. The van der Waals surface area contributed by atoms with Gasteiger partial charge < -0.3 is 4.90 Å². The van der Waals surface area contributed by atoms with Crippen molar-refractivity contribution in [3.8, 4) is 0 Å². The van der Waals surface area contributed by atoms with E-state index in [0.717, 1.165) is 12.8 Å². The Morgan fingerprint density at radius 3 is 2.06 bits per heavy atom. The molecule has 0 N–H and O–H groups in total. The molecule has 0 radical (unpaired) electrons. The predicted octanol–water partition coefficient (Wildman–Crippen LogP) is 2.71. The van der Waals surface area contributed by atoms with Gasteiger partial charge in [-0.3, -0.25) is 4.79 Å². The Hall–Kier alpha value is -0.730. The van der Waals surface area contributed by atoms with Crippen molar-refractivity contribution < 1.29 is 4.79 Å². The van der Waals surface area contributed by atoms with Gasteiger partial charge in [-0.05, 0) is 24.0 Å². The standard InChI is InChI=1S/C14H17Cl2NO/c15-5-7-17(8-6-16)14(18)13-9-11-3-1-2-4-12(11)10-13/h1-4,13H,5-10H2. The summed E-state index contributed by atoms with van der Waals surface area (Å²) in [4.78, 5) is 14.2. The van der Waals surface area contributed by atoms with Gasteiger partial charge in [0, 0.05) is 30.8 Å². The van der Waals surface area contributed by atoms with Crippen LogP contribution in [0.15, 0.2) is 24.3 Å². The number of hydrogen-bond acceptors (Lipinski definition) is 1. The molecule has 98 valence electrons. The van der Waals surface area contributed by atoms with Crippen molar-refractivity contribution in [2.75, 3.05) is 24.8 Å². The van der Waals surface area contributed by atoms with E-state index in [0.29, 0.717) is 24.8 Å². The molecule has 0 aromatic heterocycles. The number of carbonyl (C=O) groups excluding carboxylic acids is 1. The van der Waals surface area contributed by atoms with E-state index < -0.39 is 0 Å². The zero-order valence-electron chi connectivity index (χ0n) is 10.2. The van der Waals surface area contributed by atoms with Crippen LogP contribution >= 0.6 is 23.2 Å². The Morgan fingerprint density at radius 2 is 1.61 bits per heavy atom. The lowest BCUT2D eigenvalue weighted by Gasteiger charge is -2.23. The molecule has 0 bridgehead atoms. The number of nitrogens with zero attached hydrogens (tertiary/aromatic N) is 1. The minimum Gasteiger partial charge on any atom is -0.340 e. The van der Waals surface area contributed by atoms with Gasteiger partial charge in [0.15, 0.2) is 0 Å². The first-order valence-electron chi connectivity index (χ1n) is 6.23. The van der Waals surface area contributed by atoms with Crippen LogP contribution < -0.4 is 0 Å². The summed E-state index contributed by atoms with van der Waals surface area (Å²) >= 11 is 11.5. The first kappa shape index (κ1) is 13.7. The number of carbonyl (C=O) groups is 1. The van der Waals surface area contributed by atoms with Gasteiger partial charge in [0.2, 0.25) is 5.91 Å². The summed E-state index contributed by atoms with van der Waals surface area (Å²) in [6.07, 6.45) is 1.69. The first-order valence-corrected chi connectivity index (χ1v) is 7.30. The van der Waals surface area contributed by atoms with Crippen LogP contribution in [0.3, 0.4) is 0 Å². The molecule has 0 unspecified atom stereocenters. The molecule has 1 aliphatic rings. The summed E-state index contributed by atoms with van der Waals surface area (Å²) in [5.74, 6) is 1.17. The third-order valence-corrected chi connectivity index (χ3v) is 3.76. The number of halogens is 2. The summed E-state index contributed by atoms with van der Waals surface area (Å²) in [5.41, 5.74) is 2.60. The van der Waals surface area contributed by atoms with E-state index in [1.54, 1.807) is 4.90 Å². The van der Waals surface area contributed by atoms with E-state index in [9.17, 15) is 4.79 Å². The van der Waals surface area contributed by atoms with Gasteiger partial charge in [0.05, 0.1) is 0 Å². The number of alkyl halides is 2. The number of fused-ring (bicyclic) bond motifs is 1. The van der Waals surface area contributed by atoms with Crippen molar-refractivity contribution in [1.82, 2.24) is 4.90 Å². The molecule has 2 rings (SSSR count). The van der Waals surface area contributed by atoms with E-state index in [1.165, 1.54) is 11.1 Å². The molecule has 0 heterocycles. The van der Waals surface area contributed by atoms with Crippen LogP contribution in [-0.2, 0) is 17.6 Å². The lowest BCUT2D eigenvalue weighted by atomic mass is 10.0. The van der Waals surface area contributed by atoms with E-state index in [-0.39, 0.29) is 11.8 Å². The van der Waals surface area contributed by atoms with Crippen molar-refractivity contribution in [3.05, 3.63) is 35.4 Å². The average molecular weight is 286 g/mol. The highest BCUT2D eigenvalue weighted by atomic mass is 35.5. The second-order valence-electron chi connectivity index (χ2n) is 4.58. The van der Waals surface area contributed by atoms with Crippen LogP contribution in [0.5, 0.6) is 0 Å². The molecule has 1 aromatic rings. The highest BCUT2D eigenvalue weighted by molar-refractivity contribution is 6.18. The molecule has 1 amide bonds. The van der Waals surface area contributed by atoms with Crippen LogP contribution in [0.25, 0.3) is 0 Å². The topological polar surface area (TPSA) is 20.3 Å². The fourth-order valence-corrected chi connectivity index (χ4v) is 2.94. The second kappa shape index (κ2) is 6.44. The van der Waals surface area contributed by atoms with Crippen LogP contribution in [0.2, 0.25) is 0 Å². The lowest BCUT2D eigenvalue weighted by molar-refractivity contribution is -0.134. The number of amides is 1. The third kappa shape index (κ3) is 2.99. The van der Waals surface area contributed by atoms with Gasteiger partial charge in [0.25, 0.3) is 0 Å². The first-order chi connectivity index (χ1) is 8.76. The summed E-state index contributed by atoms with van der Waals surface area (Å²) in [5, 5.41) is 0. The minimum absolute atomic E-state index is 0.0637. The molecule has 1 aliphatic carbocycles. The molecule has 2 nitrogen and oxygen atoms in total. The third-order valence-electron chi connectivity index (χ3n) is 3.42. The maximum absolute atomic E-state index is 12.4. The molecule has 0 aliphatic heterocycles. The molecular weight excluding hydrogens is 269 g/mol. The fraction of sp³-hybridized carbons (Fsp3) is 0.500. The molecule has 4 heteroatoms. The van der Waals surface area contributed by atoms with Gasteiger partial charge in [-0.25, -0.2) is 0 Å². The highest BCUT2D eigenvalue weighted by Gasteiger charge is 2.29. The monoisotopic (exact) mass is 285 g/mol. The molecule has 0 saturated carbocycles. The maximum Gasteiger partial charge on any atom is 0.226 e. The van der Waals surface area contributed by atoms with Gasteiger partial charge in [-0.15, -0.1) is 23.2 Å². The molecule has 18 heavy (non-hydrogen) atoms. The number of hydrogen-bond donors (Lipinski definition) is 0. The van der Waals surface area contributed by atoms with Crippen LogP contribution in [0, 0.1) is 5.92 Å². The van der Waals surface area contributed by atoms with E-state index in [4.69, 9.17) is 23.2 Å². The summed E-state index contributed by atoms with van der Waals surface area (Å²) in [7, 11) is 0. The minimum atomic E-state index is 0.0637. The van der Waals surface area contributed by atoms with Crippen LogP contribution in [-0.4, -0.2) is 35.7 Å². The van der Waals surface area contributed by atoms with Gasteiger partial charge in [0.1, 0.15) is 0 Å². The van der Waals surface area contributed by atoms with Gasteiger partial charge in [-0.1, -0.05) is 24.3 Å². The van der Waals surface area contributed by atoms with Gasteiger partial charge >= 0.3 is 0 Å². The van der Waals surface area contributed by atoms with E-state index in [1.807, 2.05) is 12.1 Å². The molecular formula is C14H17Cl2NO. The second-order valence-corrected chi connectivity index (χ2v) is 5.33. The SMILES string of the molecule is O=C(C1Cc2ccccc2C1)N(CCCl)CCCl. The maximum atomic E-state index is 12.4. The predicted molar refractivity (Wildman–Crippen MR) is 75.4 cm³/mol. The Labute approximate surface area is 118 Å². The van der Waals surface area contributed by atoms with Crippen molar-refractivity contribution in [2.45, 2.75) is 12.8 Å². The zero-order chi connectivity index (χ0) is 13.0.